The average molecular weight is 378 g/mol. The number of hydrogen-bond acceptors (Lipinski definition) is 4. The molecule has 0 aliphatic carbocycles. The van der Waals surface area contributed by atoms with Gasteiger partial charge in [0.05, 0.1) is 24.7 Å². The van der Waals surface area contributed by atoms with E-state index in [1.807, 2.05) is 30.3 Å². The molecule has 1 heterocycles. The van der Waals surface area contributed by atoms with Crippen molar-refractivity contribution >= 4 is 21.4 Å². The zero-order valence-corrected chi connectivity index (χ0v) is 15.3. The maximum Gasteiger partial charge on any atom is 0.232 e. The van der Waals surface area contributed by atoms with Crippen LogP contribution in [0.15, 0.2) is 48.5 Å². The Morgan fingerprint density at radius 3 is 2.54 bits per heavy atom. The molecular weight excluding hydrogens is 355 g/mol. The standard InChI is InChI=1S/C19H23FN2O3S/c20-18-9-8-17(22-10-12-25-13-11-22)15-19(18)21-26(23,24)14-4-7-16-5-2-1-3-6-16/h1-3,5-6,8-9,15,21H,4,7,10-14H2. The van der Waals surface area contributed by atoms with E-state index in [4.69, 9.17) is 4.74 Å². The first-order valence-electron chi connectivity index (χ1n) is 8.70. The van der Waals surface area contributed by atoms with E-state index in [0.717, 1.165) is 11.3 Å². The summed E-state index contributed by atoms with van der Waals surface area (Å²) in [5.41, 5.74) is 1.87. The molecule has 0 atom stereocenters. The third-order valence-electron chi connectivity index (χ3n) is 4.31. The predicted octanol–water partition coefficient (Wildman–Crippen LogP) is 3.04. The van der Waals surface area contributed by atoms with Crippen molar-refractivity contribution in [3.05, 3.63) is 59.9 Å². The van der Waals surface area contributed by atoms with Crippen molar-refractivity contribution in [2.45, 2.75) is 12.8 Å². The van der Waals surface area contributed by atoms with E-state index in [1.165, 1.54) is 6.07 Å². The maximum atomic E-state index is 14.1. The topological polar surface area (TPSA) is 58.6 Å². The quantitative estimate of drug-likeness (QED) is 0.805. The summed E-state index contributed by atoms with van der Waals surface area (Å²) in [6.07, 6.45) is 1.14. The molecule has 3 rings (SSSR count). The summed E-state index contributed by atoms with van der Waals surface area (Å²) in [5, 5.41) is 0. The van der Waals surface area contributed by atoms with E-state index in [1.54, 1.807) is 12.1 Å². The van der Waals surface area contributed by atoms with Gasteiger partial charge in [0.1, 0.15) is 5.82 Å². The summed E-state index contributed by atoms with van der Waals surface area (Å²) >= 11 is 0. The SMILES string of the molecule is O=S(=O)(CCCc1ccccc1)Nc1cc(N2CCOCC2)ccc1F. The number of benzene rings is 2. The van der Waals surface area contributed by atoms with Crippen LogP contribution in [-0.2, 0) is 21.2 Å². The highest BCUT2D eigenvalue weighted by atomic mass is 32.2. The molecule has 1 aliphatic rings. The lowest BCUT2D eigenvalue weighted by Crippen LogP contribution is -2.36. The third kappa shape index (κ3) is 5.19. The molecule has 1 N–H and O–H groups in total. The number of morpholine rings is 1. The van der Waals surface area contributed by atoms with Crippen LogP contribution < -0.4 is 9.62 Å². The Morgan fingerprint density at radius 2 is 1.81 bits per heavy atom. The fourth-order valence-corrected chi connectivity index (χ4v) is 4.06. The molecule has 1 fully saturated rings. The van der Waals surface area contributed by atoms with Gasteiger partial charge in [-0.3, -0.25) is 4.72 Å². The summed E-state index contributed by atoms with van der Waals surface area (Å²) in [6.45, 7) is 2.62. The highest BCUT2D eigenvalue weighted by molar-refractivity contribution is 7.92. The molecule has 0 spiro atoms. The van der Waals surface area contributed by atoms with Crippen molar-refractivity contribution in [3.8, 4) is 0 Å². The molecule has 2 aromatic rings. The molecule has 7 heteroatoms. The molecule has 1 aliphatic heterocycles. The van der Waals surface area contributed by atoms with Gasteiger partial charge in [0, 0.05) is 18.8 Å². The van der Waals surface area contributed by atoms with Gasteiger partial charge in [-0.15, -0.1) is 0 Å². The smallest absolute Gasteiger partial charge is 0.232 e. The van der Waals surface area contributed by atoms with Crippen molar-refractivity contribution in [1.29, 1.82) is 0 Å². The lowest BCUT2D eigenvalue weighted by atomic mass is 10.1. The molecule has 26 heavy (non-hydrogen) atoms. The van der Waals surface area contributed by atoms with E-state index in [0.29, 0.717) is 39.1 Å². The number of nitrogens with one attached hydrogen (secondary N) is 1. The van der Waals surface area contributed by atoms with Crippen LogP contribution in [0, 0.1) is 5.82 Å². The van der Waals surface area contributed by atoms with Gasteiger partial charge in [0.25, 0.3) is 0 Å². The molecule has 140 valence electrons. The Labute approximate surface area is 153 Å². The predicted molar refractivity (Wildman–Crippen MR) is 102 cm³/mol. The molecule has 0 radical (unpaired) electrons. The van der Waals surface area contributed by atoms with Crippen LogP contribution in [0.1, 0.15) is 12.0 Å². The Bertz CT molecular complexity index is 822. The Kier molecular flexibility index (Phi) is 6.11. The number of nitrogens with zero attached hydrogens (tertiary/aromatic N) is 1. The van der Waals surface area contributed by atoms with Gasteiger partial charge in [0.2, 0.25) is 10.0 Å². The first kappa shape index (κ1) is 18.7. The van der Waals surface area contributed by atoms with Crippen LogP contribution in [-0.4, -0.2) is 40.5 Å². The number of hydrogen-bond donors (Lipinski definition) is 1. The van der Waals surface area contributed by atoms with Crippen LogP contribution in [0.25, 0.3) is 0 Å². The van der Waals surface area contributed by atoms with Gasteiger partial charge in [-0.05, 0) is 36.6 Å². The largest absolute Gasteiger partial charge is 0.378 e. The minimum atomic E-state index is -3.61. The molecule has 2 aromatic carbocycles. The van der Waals surface area contributed by atoms with Crippen LogP contribution >= 0.6 is 0 Å². The van der Waals surface area contributed by atoms with E-state index in [2.05, 4.69) is 9.62 Å². The van der Waals surface area contributed by atoms with Gasteiger partial charge in [0.15, 0.2) is 0 Å². The van der Waals surface area contributed by atoms with E-state index in [-0.39, 0.29) is 11.4 Å². The molecule has 0 amide bonds. The lowest BCUT2D eigenvalue weighted by Gasteiger charge is -2.29. The summed E-state index contributed by atoms with van der Waals surface area (Å²) in [6, 6.07) is 14.2. The van der Waals surface area contributed by atoms with Crippen molar-refractivity contribution in [1.82, 2.24) is 0 Å². The number of halogens is 1. The zero-order chi connectivity index (χ0) is 18.4. The summed E-state index contributed by atoms with van der Waals surface area (Å²) in [7, 11) is -3.61. The minimum absolute atomic E-state index is 0.00583. The molecule has 1 saturated heterocycles. The molecular formula is C19H23FN2O3S. The number of rotatable bonds is 7. The Balaban J connectivity index is 1.62. The zero-order valence-electron chi connectivity index (χ0n) is 14.5. The van der Waals surface area contributed by atoms with Crippen molar-refractivity contribution < 1.29 is 17.5 Å². The van der Waals surface area contributed by atoms with Gasteiger partial charge < -0.3 is 9.64 Å². The van der Waals surface area contributed by atoms with Gasteiger partial charge in [-0.1, -0.05) is 30.3 Å². The van der Waals surface area contributed by atoms with E-state index in [9.17, 15) is 12.8 Å². The van der Waals surface area contributed by atoms with Crippen LogP contribution in [0.3, 0.4) is 0 Å². The van der Waals surface area contributed by atoms with E-state index < -0.39 is 15.8 Å². The van der Waals surface area contributed by atoms with Crippen molar-refractivity contribution in [2.24, 2.45) is 0 Å². The Hall–Kier alpha value is -2.12. The number of aryl methyl sites for hydroxylation is 1. The average Bonchev–Trinajstić information content (AvgIpc) is 2.65. The number of ether oxygens (including phenoxy) is 1. The lowest BCUT2D eigenvalue weighted by molar-refractivity contribution is 0.122. The molecule has 0 saturated carbocycles. The molecule has 5 nitrogen and oxygen atoms in total. The summed E-state index contributed by atoms with van der Waals surface area (Å²) < 4.78 is 46.4. The van der Waals surface area contributed by atoms with Gasteiger partial charge in [-0.2, -0.15) is 0 Å². The second-order valence-corrected chi connectivity index (χ2v) is 8.12. The normalized spacial score (nSPS) is 15.0. The van der Waals surface area contributed by atoms with Crippen LogP contribution in [0.4, 0.5) is 15.8 Å². The monoisotopic (exact) mass is 378 g/mol. The van der Waals surface area contributed by atoms with Crippen molar-refractivity contribution in [2.75, 3.05) is 41.7 Å². The highest BCUT2D eigenvalue weighted by Crippen LogP contribution is 2.24. The highest BCUT2D eigenvalue weighted by Gasteiger charge is 2.17. The maximum absolute atomic E-state index is 14.1. The van der Waals surface area contributed by atoms with Crippen LogP contribution in [0.5, 0.6) is 0 Å². The first-order valence-corrected chi connectivity index (χ1v) is 10.4. The van der Waals surface area contributed by atoms with Crippen molar-refractivity contribution in [3.63, 3.8) is 0 Å². The Morgan fingerprint density at radius 1 is 1.08 bits per heavy atom. The summed E-state index contributed by atoms with van der Waals surface area (Å²) in [5.74, 6) is -0.628. The molecule has 0 bridgehead atoms. The first-order chi connectivity index (χ1) is 12.5. The molecule has 0 unspecified atom stereocenters. The van der Waals surface area contributed by atoms with Gasteiger partial charge in [-0.25, -0.2) is 12.8 Å². The second-order valence-electron chi connectivity index (χ2n) is 6.27. The minimum Gasteiger partial charge on any atom is -0.378 e. The number of sulfonamides is 1. The van der Waals surface area contributed by atoms with Gasteiger partial charge >= 0.3 is 0 Å². The molecule has 0 aromatic heterocycles. The third-order valence-corrected chi connectivity index (χ3v) is 5.67. The van der Waals surface area contributed by atoms with Crippen LogP contribution in [0.2, 0.25) is 0 Å². The van der Waals surface area contributed by atoms with E-state index >= 15 is 0 Å². The fourth-order valence-electron chi connectivity index (χ4n) is 2.94. The second kappa shape index (κ2) is 8.51. The summed E-state index contributed by atoms with van der Waals surface area (Å²) in [4.78, 5) is 2.05. The number of anilines is 2. The fraction of sp³-hybridized carbons (Fsp3) is 0.368.